The Hall–Kier alpha value is -0.390. The molecule has 3 nitrogen and oxygen atoms in total. The molecule has 0 aliphatic carbocycles. The van der Waals surface area contributed by atoms with E-state index in [1.807, 2.05) is 17.8 Å². The third-order valence-electron chi connectivity index (χ3n) is 2.66. The topological polar surface area (TPSA) is 43.4 Å². The maximum absolute atomic E-state index is 11.0. The van der Waals surface area contributed by atoms with Crippen molar-refractivity contribution >= 4 is 31.5 Å². The van der Waals surface area contributed by atoms with Gasteiger partial charge in [0.25, 0.3) is 0 Å². The Kier molecular flexibility index (Phi) is 4.81. The van der Waals surface area contributed by atoms with Crippen LogP contribution in [-0.4, -0.2) is 26.0 Å². The summed E-state index contributed by atoms with van der Waals surface area (Å²) in [6.07, 6.45) is 2.46. The van der Waals surface area contributed by atoms with Gasteiger partial charge in [0.15, 0.2) is 0 Å². The maximum Gasteiger partial charge on any atom is 0.236 e. The van der Waals surface area contributed by atoms with E-state index in [0.29, 0.717) is 5.56 Å². The highest BCUT2D eigenvalue weighted by molar-refractivity contribution is 8.13. The molecule has 1 aliphatic heterocycles. The Morgan fingerprint density at radius 1 is 1.44 bits per heavy atom. The molecule has 0 bridgehead atoms. The van der Waals surface area contributed by atoms with E-state index in [4.69, 9.17) is 15.4 Å². The van der Waals surface area contributed by atoms with Crippen molar-refractivity contribution in [3.63, 3.8) is 0 Å². The van der Waals surface area contributed by atoms with E-state index >= 15 is 0 Å². The first-order chi connectivity index (χ1) is 8.53. The second kappa shape index (κ2) is 6.17. The third kappa shape index (κ3) is 4.71. The fourth-order valence-electron chi connectivity index (χ4n) is 1.90. The summed E-state index contributed by atoms with van der Waals surface area (Å²) in [5.74, 6) is 2.76. The Labute approximate surface area is 116 Å². The Morgan fingerprint density at radius 2 is 2.28 bits per heavy atom. The van der Waals surface area contributed by atoms with Crippen molar-refractivity contribution < 1.29 is 13.2 Å². The van der Waals surface area contributed by atoms with Crippen LogP contribution >= 0.6 is 22.4 Å². The summed E-state index contributed by atoms with van der Waals surface area (Å²) < 4.78 is 27.9. The van der Waals surface area contributed by atoms with Crippen LogP contribution < -0.4 is 4.74 Å². The molecular weight excluding hydrogens is 292 g/mol. The summed E-state index contributed by atoms with van der Waals surface area (Å²) >= 11 is 1.89. The highest BCUT2D eigenvalue weighted by Gasteiger charge is 2.15. The predicted octanol–water partition coefficient (Wildman–Crippen LogP) is 3.03. The van der Waals surface area contributed by atoms with Gasteiger partial charge in [-0.25, -0.2) is 8.42 Å². The van der Waals surface area contributed by atoms with E-state index < -0.39 is 9.05 Å². The largest absolute Gasteiger partial charge is 0.490 e. The lowest BCUT2D eigenvalue weighted by molar-refractivity contribution is 0.211. The molecule has 2 rings (SSSR count). The molecule has 1 heterocycles. The van der Waals surface area contributed by atoms with Gasteiger partial charge in [-0.15, -0.1) is 0 Å². The fraction of sp³-hybridized carbons (Fsp3) is 0.500. The lowest BCUT2D eigenvalue weighted by Gasteiger charge is -2.22. The average Bonchev–Trinajstić information content (AvgIpc) is 2.28. The minimum atomic E-state index is -3.51. The van der Waals surface area contributed by atoms with Crippen LogP contribution in [0.1, 0.15) is 18.4 Å². The number of benzene rings is 1. The number of thioether (sulfide) groups is 1. The van der Waals surface area contributed by atoms with Gasteiger partial charge in [0, 0.05) is 16.4 Å². The zero-order chi connectivity index (χ0) is 13.0. The first-order valence-electron chi connectivity index (χ1n) is 5.78. The molecule has 100 valence electrons. The van der Waals surface area contributed by atoms with Crippen molar-refractivity contribution in [3.8, 4) is 5.75 Å². The Morgan fingerprint density at radius 3 is 2.94 bits per heavy atom. The molecule has 0 saturated carbocycles. The van der Waals surface area contributed by atoms with Crippen molar-refractivity contribution in [2.75, 3.05) is 11.5 Å². The summed E-state index contributed by atoms with van der Waals surface area (Å²) in [4.78, 5) is 0. The summed E-state index contributed by atoms with van der Waals surface area (Å²) in [5, 5.41) is 0. The lowest BCUT2D eigenvalue weighted by atomic mass is 10.2. The van der Waals surface area contributed by atoms with Crippen LogP contribution in [0, 0.1) is 0 Å². The molecule has 0 amide bonds. The van der Waals surface area contributed by atoms with Gasteiger partial charge in [-0.05, 0) is 36.3 Å². The van der Waals surface area contributed by atoms with Gasteiger partial charge in [0.05, 0.1) is 5.75 Å². The van der Waals surface area contributed by atoms with Gasteiger partial charge in [-0.3, -0.25) is 0 Å². The highest BCUT2D eigenvalue weighted by Crippen LogP contribution is 2.24. The van der Waals surface area contributed by atoms with Gasteiger partial charge >= 0.3 is 0 Å². The molecule has 18 heavy (non-hydrogen) atoms. The fourth-order valence-corrected chi connectivity index (χ4v) is 3.89. The van der Waals surface area contributed by atoms with E-state index in [9.17, 15) is 8.42 Å². The van der Waals surface area contributed by atoms with Crippen LogP contribution in [0.2, 0.25) is 0 Å². The van der Waals surface area contributed by atoms with E-state index in [2.05, 4.69) is 0 Å². The van der Waals surface area contributed by atoms with Gasteiger partial charge in [-0.2, -0.15) is 11.8 Å². The van der Waals surface area contributed by atoms with Crippen molar-refractivity contribution in [2.24, 2.45) is 0 Å². The van der Waals surface area contributed by atoms with Crippen molar-refractivity contribution in [1.82, 2.24) is 0 Å². The average molecular weight is 307 g/mol. The molecule has 0 spiro atoms. The molecule has 6 heteroatoms. The standard InChI is InChI=1S/C12H15ClO3S2/c13-18(14,15)9-10-3-1-4-11(7-10)16-12-5-2-6-17-8-12/h1,3-4,7,12H,2,5-6,8-9H2. The summed E-state index contributed by atoms with van der Waals surface area (Å²) in [5.41, 5.74) is 0.658. The number of halogens is 1. The van der Waals surface area contributed by atoms with Gasteiger partial charge in [0.2, 0.25) is 9.05 Å². The van der Waals surface area contributed by atoms with Crippen LogP contribution in [0.5, 0.6) is 5.75 Å². The van der Waals surface area contributed by atoms with Crippen LogP contribution in [0.4, 0.5) is 0 Å². The molecule has 0 aromatic heterocycles. The SMILES string of the molecule is O=S(=O)(Cl)Cc1cccc(OC2CCCSC2)c1. The summed E-state index contributed by atoms with van der Waals surface area (Å²) in [7, 11) is 1.73. The number of hydrogen-bond donors (Lipinski definition) is 0. The minimum absolute atomic E-state index is 0.162. The van der Waals surface area contributed by atoms with Gasteiger partial charge < -0.3 is 4.74 Å². The van der Waals surface area contributed by atoms with Crippen molar-refractivity contribution in [1.29, 1.82) is 0 Å². The van der Waals surface area contributed by atoms with E-state index in [1.54, 1.807) is 18.2 Å². The van der Waals surface area contributed by atoms with Crippen molar-refractivity contribution in [2.45, 2.75) is 24.7 Å². The predicted molar refractivity (Wildman–Crippen MR) is 75.9 cm³/mol. The zero-order valence-electron chi connectivity index (χ0n) is 9.84. The second-order valence-electron chi connectivity index (χ2n) is 4.29. The molecule has 1 unspecified atom stereocenters. The van der Waals surface area contributed by atoms with Crippen molar-refractivity contribution in [3.05, 3.63) is 29.8 Å². The minimum Gasteiger partial charge on any atom is -0.490 e. The molecule has 1 aliphatic rings. The molecular formula is C12H15ClO3S2. The first-order valence-corrected chi connectivity index (χ1v) is 9.42. The van der Waals surface area contributed by atoms with E-state index in [1.165, 1.54) is 12.2 Å². The number of hydrogen-bond acceptors (Lipinski definition) is 4. The smallest absolute Gasteiger partial charge is 0.236 e. The van der Waals surface area contributed by atoms with Crippen LogP contribution in [0.3, 0.4) is 0 Å². The zero-order valence-corrected chi connectivity index (χ0v) is 12.2. The number of ether oxygens (including phenoxy) is 1. The molecule has 1 atom stereocenters. The lowest BCUT2D eigenvalue weighted by Crippen LogP contribution is -2.23. The molecule has 1 saturated heterocycles. The van der Waals surface area contributed by atoms with Crippen LogP contribution in [-0.2, 0) is 14.8 Å². The normalized spacial score (nSPS) is 20.6. The molecule has 0 radical (unpaired) electrons. The Bertz CT molecular complexity index is 496. The van der Waals surface area contributed by atoms with Crippen LogP contribution in [0.25, 0.3) is 0 Å². The maximum atomic E-state index is 11.0. The Balaban J connectivity index is 2.02. The summed E-state index contributed by atoms with van der Waals surface area (Å²) in [6, 6.07) is 7.13. The second-order valence-corrected chi connectivity index (χ2v) is 8.21. The molecule has 1 fully saturated rings. The van der Waals surface area contributed by atoms with Crippen LogP contribution in [0.15, 0.2) is 24.3 Å². The molecule has 1 aromatic carbocycles. The number of rotatable bonds is 4. The van der Waals surface area contributed by atoms with Gasteiger partial charge in [0.1, 0.15) is 11.9 Å². The molecule has 0 N–H and O–H groups in total. The highest BCUT2D eigenvalue weighted by atomic mass is 35.7. The van der Waals surface area contributed by atoms with E-state index in [0.717, 1.165) is 17.9 Å². The monoisotopic (exact) mass is 306 g/mol. The van der Waals surface area contributed by atoms with Gasteiger partial charge in [-0.1, -0.05) is 12.1 Å². The quantitative estimate of drug-likeness (QED) is 0.802. The summed E-state index contributed by atoms with van der Waals surface area (Å²) in [6.45, 7) is 0. The third-order valence-corrected chi connectivity index (χ3v) is 4.85. The molecule has 1 aromatic rings. The first kappa shape index (κ1) is 14.0. The van der Waals surface area contributed by atoms with E-state index in [-0.39, 0.29) is 11.9 Å².